The summed E-state index contributed by atoms with van der Waals surface area (Å²) in [5, 5.41) is 0. The number of hydrogen-bond donors (Lipinski definition) is 0. The van der Waals surface area contributed by atoms with Crippen molar-refractivity contribution >= 4 is 31.7 Å². The second-order valence-electron chi connectivity index (χ2n) is 5.06. The number of ether oxygens (including phenoxy) is 1. The van der Waals surface area contributed by atoms with E-state index in [-0.39, 0.29) is 23.5 Å². The summed E-state index contributed by atoms with van der Waals surface area (Å²) in [6, 6.07) is 6.84. The van der Waals surface area contributed by atoms with Gasteiger partial charge >= 0.3 is 0 Å². The van der Waals surface area contributed by atoms with Crippen molar-refractivity contribution in [2.75, 3.05) is 31.8 Å². The summed E-state index contributed by atoms with van der Waals surface area (Å²) in [5.74, 6) is 0.0269. The van der Waals surface area contributed by atoms with Crippen molar-refractivity contribution in [3.05, 3.63) is 34.3 Å². The molecule has 1 fully saturated rings. The summed E-state index contributed by atoms with van der Waals surface area (Å²) in [5.41, 5.74) is 0.546. The van der Waals surface area contributed by atoms with E-state index in [1.807, 2.05) is 6.07 Å². The number of hydrogen-bond acceptors (Lipinski definition) is 4. The molecule has 1 aliphatic rings. The first-order chi connectivity index (χ1) is 9.93. The third kappa shape index (κ3) is 4.28. The second kappa shape index (κ2) is 6.89. The lowest BCUT2D eigenvalue weighted by molar-refractivity contribution is 0.0624. The van der Waals surface area contributed by atoms with Crippen molar-refractivity contribution in [2.45, 2.75) is 12.5 Å². The Hall–Kier alpha value is -0.920. The van der Waals surface area contributed by atoms with E-state index in [2.05, 4.69) is 15.9 Å². The summed E-state index contributed by atoms with van der Waals surface area (Å²) in [4.78, 5) is 14.3. The fourth-order valence-electron chi connectivity index (χ4n) is 2.45. The van der Waals surface area contributed by atoms with Gasteiger partial charge in [-0.2, -0.15) is 0 Å². The van der Waals surface area contributed by atoms with Crippen molar-refractivity contribution in [3.63, 3.8) is 0 Å². The molecule has 116 valence electrons. The van der Waals surface area contributed by atoms with E-state index in [1.54, 1.807) is 30.2 Å². The molecule has 2 rings (SSSR count). The summed E-state index contributed by atoms with van der Waals surface area (Å²) in [6.45, 7) is 0.776. The van der Waals surface area contributed by atoms with Gasteiger partial charge in [-0.15, -0.1) is 0 Å². The molecule has 1 aliphatic heterocycles. The van der Waals surface area contributed by atoms with E-state index >= 15 is 0 Å². The number of nitrogens with zero attached hydrogens (tertiary/aromatic N) is 1. The van der Waals surface area contributed by atoms with Gasteiger partial charge in [0.05, 0.1) is 18.1 Å². The Bertz CT molecular complexity index is 617. The van der Waals surface area contributed by atoms with E-state index in [9.17, 15) is 13.2 Å². The van der Waals surface area contributed by atoms with Gasteiger partial charge in [-0.25, -0.2) is 8.42 Å². The molecule has 0 saturated carbocycles. The molecule has 7 heteroatoms. The SMILES string of the molecule is COCCN(C(=O)c1cccc(Br)c1)C1CCS(=O)(=O)C1. The first kappa shape index (κ1) is 16.5. The Morgan fingerprint density at radius 3 is 2.81 bits per heavy atom. The zero-order valence-electron chi connectivity index (χ0n) is 11.8. The summed E-state index contributed by atoms with van der Waals surface area (Å²) in [7, 11) is -1.47. The van der Waals surface area contributed by atoms with Crippen LogP contribution in [0.25, 0.3) is 0 Å². The number of halogens is 1. The number of amides is 1. The summed E-state index contributed by atoms with van der Waals surface area (Å²) < 4.78 is 29.2. The molecule has 1 aromatic carbocycles. The molecule has 0 N–H and O–H groups in total. The van der Waals surface area contributed by atoms with Crippen molar-refractivity contribution in [3.8, 4) is 0 Å². The van der Waals surface area contributed by atoms with Gasteiger partial charge in [0.15, 0.2) is 9.84 Å². The Morgan fingerprint density at radius 2 is 2.24 bits per heavy atom. The van der Waals surface area contributed by atoms with Crippen LogP contribution in [0.1, 0.15) is 16.8 Å². The average molecular weight is 376 g/mol. The average Bonchev–Trinajstić information content (AvgIpc) is 2.79. The largest absolute Gasteiger partial charge is 0.383 e. The molecule has 5 nitrogen and oxygen atoms in total. The predicted molar refractivity (Wildman–Crippen MR) is 84.1 cm³/mol. The van der Waals surface area contributed by atoms with Crippen LogP contribution < -0.4 is 0 Å². The highest BCUT2D eigenvalue weighted by Crippen LogP contribution is 2.21. The van der Waals surface area contributed by atoms with Crippen molar-refractivity contribution < 1.29 is 17.9 Å². The van der Waals surface area contributed by atoms with E-state index < -0.39 is 9.84 Å². The van der Waals surface area contributed by atoms with Crippen LogP contribution in [0.2, 0.25) is 0 Å². The molecule has 1 unspecified atom stereocenters. The van der Waals surface area contributed by atoms with E-state index in [0.29, 0.717) is 25.1 Å². The molecule has 21 heavy (non-hydrogen) atoms. The highest BCUT2D eigenvalue weighted by atomic mass is 79.9. The molecule has 1 saturated heterocycles. The summed E-state index contributed by atoms with van der Waals surface area (Å²) >= 11 is 3.34. The molecule has 0 aliphatic carbocycles. The lowest BCUT2D eigenvalue weighted by atomic mass is 10.1. The maximum absolute atomic E-state index is 12.7. The fraction of sp³-hybridized carbons (Fsp3) is 0.500. The van der Waals surface area contributed by atoms with Gasteiger partial charge < -0.3 is 9.64 Å². The van der Waals surface area contributed by atoms with Gasteiger partial charge in [-0.05, 0) is 24.6 Å². The third-order valence-electron chi connectivity index (χ3n) is 3.52. The van der Waals surface area contributed by atoms with Crippen LogP contribution in [0.5, 0.6) is 0 Å². The minimum Gasteiger partial charge on any atom is -0.383 e. The Kier molecular flexibility index (Phi) is 5.40. The third-order valence-corrected chi connectivity index (χ3v) is 5.76. The topological polar surface area (TPSA) is 63.7 Å². The minimum atomic E-state index is -3.03. The monoisotopic (exact) mass is 375 g/mol. The van der Waals surface area contributed by atoms with Crippen LogP contribution in [0.4, 0.5) is 0 Å². The van der Waals surface area contributed by atoms with Crippen molar-refractivity contribution in [2.24, 2.45) is 0 Å². The normalized spacial score (nSPS) is 20.4. The van der Waals surface area contributed by atoms with Gasteiger partial charge in [0.2, 0.25) is 0 Å². The first-order valence-electron chi connectivity index (χ1n) is 6.69. The maximum atomic E-state index is 12.7. The maximum Gasteiger partial charge on any atom is 0.254 e. The molecule has 1 heterocycles. The van der Waals surface area contributed by atoms with Crippen molar-refractivity contribution in [1.29, 1.82) is 0 Å². The van der Waals surface area contributed by atoms with Crippen LogP contribution in [0.15, 0.2) is 28.7 Å². The molecular weight excluding hydrogens is 358 g/mol. The lowest BCUT2D eigenvalue weighted by Gasteiger charge is -2.28. The Labute approximate surface area is 133 Å². The highest BCUT2D eigenvalue weighted by molar-refractivity contribution is 9.10. The number of methoxy groups -OCH3 is 1. The Morgan fingerprint density at radius 1 is 1.48 bits per heavy atom. The quantitative estimate of drug-likeness (QED) is 0.785. The van der Waals surface area contributed by atoms with Crippen LogP contribution in [0, 0.1) is 0 Å². The minimum absolute atomic E-state index is 0.0382. The van der Waals surface area contributed by atoms with Crippen LogP contribution in [-0.4, -0.2) is 57.0 Å². The number of benzene rings is 1. The summed E-state index contributed by atoms with van der Waals surface area (Å²) in [6.07, 6.45) is 0.492. The van der Waals surface area contributed by atoms with Crippen LogP contribution in [-0.2, 0) is 14.6 Å². The predicted octanol–water partition coefficient (Wildman–Crippen LogP) is 1.72. The van der Waals surface area contributed by atoms with Crippen molar-refractivity contribution in [1.82, 2.24) is 4.90 Å². The molecule has 0 radical (unpaired) electrons. The fourth-order valence-corrected chi connectivity index (χ4v) is 4.58. The van der Waals surface area contributed by atoms with Gasteiger partial charge in [0, 0.05) is 29.7 Å². The smallest absolute Gasteiger partial charge is 0.254 e. The highest BCUT2D eigenvalue weighted by Gasteiger charge is 2.34. The molecule has 0 bridgehead atoms. The van der Waals surface area contributed by atoms with E-state index in [0.717, 1.165) is 4.47 Å². The second-order valence-corrected chi connectivity index (χ2v) is 8.20. The zero-order chi connectivity index (χ0) is 15.5. The van der Waals surface area contributed by atoms with Gasteiger partial charge in [0.25, 0.3) is 5.91 Å². The molecule has 0 spiro atoms. The van der Waals surface area contributed by atoms with Crippen LogP contribution in [0.3, 0.4) is 0 Å². The Balaban J connectivity index is 2.21. The molecular formula is C14H18BrNO4S. The molecule has 0 aromatic heterocycles. The van der Waals surface area contributed by atoms with Crippen LogP contribution >= 0.6 is 15.9 Å². The molecule has 1 amide bonds. The molecule has 1 atom stereocenters. The number of carbonyl (C=O) groups excluding carboxylic acids is 1. The zero-order valence-corrected chi connectivity index (χ0v) is 14.2. The first-order valence-corrected chi connectivity index (χ1v) is 9.30. The number of rotatable bonds is 5. The number of carbonyl (C=O) groups is 1. The lowest BCUT2D eigenvalue weighted by Crippen LogP contribution is -2.43. The van der Waals surface area contributed by atoms with Gasteiger partial charge in [0.1, 0.15) is 0 Å². The number of sulfone groups is 1. The molecule has 1 aromatic rings. The van der Waals surface area contributed by atoms with E-state index in [4.69, 9.17) is 4.74 Å². The van der Waals surface area contributed by atoms with E-state index in [1.165, 1.54) is 0 Å². The van der Waals surface area contributed by atoms with Gasteiger partial charge in [-0.3, -0.25) is 4.79 Å². The van der Waals surface area contributed by atoms with Gasteiger partial charge in [-0.1, -0.05) is 22.0 Å². The standard InChI is InChI=1S/C14H18BrNO4S/c1-20-7-6-16(13-5-8-21(18,19)10-13)14(17)11-3-2-4-12(15)9-11/h2-4,9,13H,5-8,10H2,1H3.